The molecule has 1 aliphatic rings. The van der Waals surface area contributed by atoms with E-state index < -0.39 is 5.60 Å². The number of piperazine rings is 1. The topological polar surface area (TPSA) is 95.8 Å². The van der Waals surface area contributed by atoms with Crippen molar-refractivity contribution in [1.82, 2.24) is 24.5 Å². The molecule has 218 valence electrons. The predicted molar refractivity (Wildman–Crippen MR) is 162 cm³/mol. The number of aryl methyl sites for hydroxylation is 1. The molecule has 2 aromatic rings. The number of hydrogen-bond donors (Lipinski definition) is 1. The van der Waals surface area contributed by atoms with E-state index in [1.54, 1.807) is 4.90 Å². The highest BCUT2D eigenvalue weighted by atomic mass is 79.9. The summed E-state index contributed by atoms with van der Waals surface area (Å²) < 4.78 is 7.21. The van der Waals surface area contributed by atoms with Gasteiger partial charge in [0.05, 0.1) is 5.69 Å². The van der Waals surface area contributed by atoms with Crippen LogP contribution in [0.4, 0.5) is 10.5 Å². The zero-order chi connectivity index (χ0) is 29.8. The fourth-order valence-corrected chi connectivity index (χ4v) is 3.26. The third kappa shape index (κ3) is 13.3. The van der Waals surface area contributed by atoms with Crippen LogP contribution in [0, 0.1) is 0 Å². The number of halogens is 1. The molecule has 37 heavy (non-hydrogen) atoms. The van der Waals surface area contributed by atoms with Crippen molar-refractivity contribution in [3.05, 3.63) is 20.8 Å². The Morgan fingerprint density at radius 2 is 1.38 bits per heavy atom. The van der Waals surface area contributed by atoms with E-state index in [1.165, 1.54) is 10.9 Å². The number of anilines is 1. The largest absolute Gasteiger partial charge is 0.444 e. The van der Waals surface area contributed by atoms with Crippen LogP contribution in [-0.2, 0) is 11.2 Å². The lowest BCUT2D eigenvalue weighted by atomic mass is 10.2. The lowest BCUT2D eigenvalue weighted by molar-refractivity contribution is 0.0240. The Bertz CT molecular complexity index is 898. The number of amides is 1. The number of carbonyl (C=O) groups is 1. The average molecular weight is 592 g/mol. The highest BCUT2D eigenvalue weighted by molar-refractivity contribution is 9.10. The van der Waals surface area contributed by atoms with Gasteiger partial charge in [0.1, 0.15) is 11.3 Å². The molecule has 1 amide bonds. The van der Waals surface area contributed by atoms with E-state index >= 15 is 0 Å². The molecule has 2 aromatic heterocycles. The number of nitrogens with zero attached hydrogens (tertiary/aromatic N) is 5. The number of fused-ring (bicyclic) bond motifs is 1. The van der Waals surface area contributed by atoms with Crippen LogP contribution in [0.2, 0.25) is 0 Å². The highest BCUT2D eigenvalue weighted by Gasteiger charge is 2.28. The number of aromatic amines is 1. The number of rotatable bonds is 2. The minimum atomic E-state index is -0.522. The first kappa shape index (κ1) is 39.4. The maximum Gasteiger partial charge on any atom is 0.410 e. The van der Waals surface area contributed by atoms with E-state index in [0.717, 1.165) is 0 Å². The van der Waals surface area contributed by atoms with E-state index in [1.807, 2.05) is 88.0 Å². The van der Waals surface area contributed by atoms with E-state index in [-0.39, 0.29) is 11.7 Å². The van der Waals surface area contributed by atoms with Gasteiger partial charge in [0.15, 0.2) is 4.73 Å². The van der Waals surface area contributed by atoms with E-state index in [4.69, 9.17) is 4.74 Å². The van der Waals surface area contributed by atoms with Gasteiger partial charge in [-0.05, 0) is 43.1 Å². The van der Waals surface area contributed by atoms with Crippen LogP contribution in [0.25, 0.3) is 5.78 Å². The molecule has 0 bridgehead atoms. The molecule has 0 unspecified atom stereocenters. The molecule has 0 aliphatic carbocycles. The molecule has 0 saturated carbocycles. The zero-order valence-corrected chi connectivity index (χ0v) is 27.7. The molecule has 1 saturated heterocycles. The first-order valence-corrected chi connectivity index (χ1v) is 14.8. The number of H-pyrrole nitrogens is 1. The quantitative estimate of drug-likeness (QED) is 0.393. The predicted octanol–water partition coefficient (Wildman–Crippen LogP) is 7.32. The van der Waals surface area contributed by atoms with Crippen LogP contribution >= 0.6 is 15.9 Å². The lowest BCUT2D eigenvalue weighted by Crippen LogP contribution is -2.51. The van der Waals surface area contributed by atoms with Crippen molar-refractivity contribution in [2.45, 2.75) is 115 Å². The summed E-state index contributed by atoms with van der Waals surface area (Å²) in [5.41, 5.74) is 0.561. The van der Waals surface area contributed by atoms with Crippen molar-refractivity contribution in [3.8, 4) is 0 Å². The summed E-state index contributed by atoms with van der Waals surface area (Å²) in [6.45, 7) is 29.8. The van der Waals surface area contributed by atoms with Gasteiger partial charge in [0, 0.05) is 26.2 Å². The van der Waals surface area contributed by atoms with Crippen molar-refractivity contribution in [3.63, 3.8) is 0 Å². The Morgan fingerprint density at radius 1 is 0.919 bits per heavy atom. The second kappa shape index (κ2) is 21.9. The van der Waals surface area contributed by atoms with Crippen molar-refractivity contribution in [2.24, 2.45) is 0 Å². The van der Waals surface area contributed by atoms with Crippen molar-refractivity contribution >= 4 is 33.5 Å². The molecule has 9 nitrogen and oxygen atoms in total. The average Bonchev–Trinajstić information content (AvgIpc) is 3.29. The summed E-state index contributed by atoms with van der Waals surface area (Å²) >= 11 is 3.24. The van der Waals surface area contributed by atoms with Gasteiger partial charge in [-0.1, -0.05) is 82.6 Å². The van der Waals surface area contributed by atoms with Gasteiger partial charge in [0.2, 0.25) is 0 Å². The Labute approximate surface area is 234 Å². The van der Waals surface area contributed by atoms with E-state index in [2.05, 4.69) is 44.8 Å². The van der Waals surface area contributed by atoms with Crippen LogP contribution in [0.15, 0.2) is 9.53 Å². The molecule has 1 N–H and O–H groups in total. The molecule has 0 aromatic carbocycles. The number of hydrogen-bond acceptors (Lipinski definition) is 6. The van der Waals surface area contributed by atoms with Gasteiger partial charge in [0.25, 0.3) is 11.3 Å². The van der Waals surface area contributed by atoms with Crippen LogP contribution < -0.4 is 10.5 Å². The molecule has 1 aliphatic heterocycles. The standard InChI is InChI=1S/C16H23BrN6O3.C3H8.4C2H6/c1-5-10-11(12(24)23-14(18-10)19-13(17)20-23)21-6-8-22(9-7-21)15(25)26-16(2,3)4;1-3-2;4*1-2/h5-9H2,1-4H3,(H,18,19,20);3H2,1-2H3;4*1-2H3. The van der Waals surface area contributed by atoms with Crippen LogP contribution in [0.1, 0.15) is 109 Å². The van der Waals surface area contributed by atoms with E-state index in [0.29, 0.717) is 54.5 Å². The van der Waals surface area contributed by atoms with Gasteiger partial charge >= 0.3 is 6.09 Å². The number of carbonyl (C=O) groups excluding carboxylic acids is 1. The molecule has 1 fully saturated rings. The summed E-state index contributed by atoms with van der Waals surface area (Å²) in [7, 11) is 0. The van der Waals surface area contributed by atoms with Crippen molar-refractivity contribution < 1.29 is 9.53 Å². The fourth-order valence-electron chi connectivity index (χ4n) is 2.93. The second-order valence-corrected chi connectivity index (χ2v) is 8.63. The fraction of sp³-hybridized carbons (Fsp3) is 0.778. The highest BCUT2D eigenvalue weighted by Crippen LogP contribution is 2.19. The smallest absolute Gasteiger partial charge is 0.410 e. The number of aromatic nitrogens is 4. The molecule has 0 atom stereocenters. The Hall–Kier alpha value is -2.10. The maximum absolute atomic E-state index is 12.9. The summed E-state index contributed by atoms with van der Waals surface area (Å²) in [4.78, 5) is 37.4. The van der Waals surface area contributed by atoms with Gasteiger partial charge in [-0.3, -0.25) is 9.89 Å². The molecule has 10 heteroatoms. The summed E-state index contributed by atoms with van der Waals surface area (Å²) in [5.74, 6) is 0.342. The van der Waals surface area contributed by atoms with Crippen molar-refractivity contribution in [1.29, 1.82) is 0 Å². The maximum atomic E-state index is 12.9. The monoisotopic (exact) mass is 590 g/mol. The van der Waals surface area contributed by atoms with Crippen LogP contribution in [0.5, 0.6) is 0 Å². The SMILES string of the molecule is CC.CC.CC.CC.CCC.CCc1nc2nc(Br)[nH]n2c(=O)c1N1CCN(C(=O)OC(C)(C)C)CC1. The molecular formula is C27H55BrN6O3. The normalized spacial score (nSPS) is 12.1. The van der Waals surface area contributed by atoms with Crippen LogP contribution in [0.3, 0.4) is 0 Å². The molecule has 0 radical (unpaired) electrons. The first-order chi connectivity index (χ1) is 17.6. The summed E-state index contributed by atoms with van der Waals surface area (Å²) in [5, 5.41) is 2.85. The first-order valence-electron chi connectivity index (χ1n) is 14.0. The summed E-state index contributed by atoms with van der Waals surface area (Å²) in [6, 6.07) is 0. The third-order valence-corrected chi connectivity index (χ3v) is 4.45. The van der Waals surface area contributed by atoms with Gasteiger partial charge in [-0.2, -0.15) is 9.50 Å². The van der Waals surface area contributed by atoms with E-state index in [9.17, 15) is 9.59 Å². The minimum Gasteiger partial charge on any atom is -0.444 e. The zero-order valence-electron chi connectivity index (χ0n) is 26.1. The van der Waals surface area contributed by atoms with Crippen LogP contribution in [-0.4, -0.2) is 62.4 Å². The second-order valence-electron chi connectivity index (χ2n) is 7.88. The Kier molecular flexibility index (Phi) is 23.4. The number of ether oxygens (including phenoxy) is 1. The lowest BCUT2D eigenvalue weighted by Gasteiger charge is -2.36. The van der Waals surface area contributed by atoms with Gasteiger partial charge in [-0.15, -0.1) is 0 Å². The Morgan fingerprint density at radius 3 is 1.78 bits per heavy atom. The number of nitrogens with one attached hydrogen (secondary N) is 1. The van der Waals surface area contributed by atoms with Gasteiger partial charge in [-0.25, -0.2) is 9.78 Å². The molecule has 0 spiro atoms. The van der Waals surface area contributed by atoms with Gasteiger partial charge < -0.3 is 14.5 Å². The Balaban J connectivity index is -0.000000924. The minimum absolute atomic E-state index is 0.184. The molecule has 3 rings (SSSR count). The molecular weight excluding hydrogens is 536 g/mol. The third-order valence-electron chi connectivity index (χ3n) is 4.10. The van der Waals surface area contributed by atoms with Crippen molar-refractivity contribution in [2.75, 3.05) is 31.1 Å². The molecule has 3 heterocycles. The summed E-state index contributed by atoms with van der Waals surface area (Å²) in [6.07, 6.45) is 1.55.